The number of rotatable bonds is 1. The van der Waals surface area contributed by atoms with Crippen LogP contribution in [0.4, 0.5) is 0 Å². The molecule has 0 saturated heterocycles. The Bertz CT molecular complexity index is 105. The van der Waals surface area contributed by atoms with Gasteiger partial charge in [0, 0.05) is 10.5 Å². The second-order valence-electron chi connectivity index (χ2n) is 3.35. The first-order chi connectivity index (χ1) is 4.74. The quantitative estimate of drug-likeness (QED) is 0.562. The van der Waals surface area contributed by atoms with Gasteiger partial charge in [-0.05, 0) is 31.1 Å². The summed E-state index contributed by atoms with van der Waals surface area (Å²) in [4.78, 5) is 0. The molecule has 1 aliphatic carbocycles. The Morgan fingerprint density at radius 1 is 1.50 bits per heavy atom. The van der Waals surface area contributed by atoms with Gasteiger partial charge >= 0.3 is 0 Å². The van der Waals surface area contributed by atoms with Gasteiger partial charge in [-0.1, -0.05) is 29.5 Å². The van der Waals surface area contributed by atoms with Crippen LogP contribution in [0.2, 0.25) is 0 Å². The molecule has 0 aromatic carbocycles. The summed E-state index contributed by atoms with van der Waals surface area (Å²) in [6.07, 6.45) is 3.76. The predicted molar refractivity (Wildman–Crippen MR) is 51.4 cm³/mol. The van der Waals surface area contributed by atoms with Gasteiger partial charge in [0.25, 0.3) is 0 Å². The molecule has 0 aromatic rings. The monoisotopic (exact) mass is 254 g/mol. The molecule has 2 heteroatoms. The van der Waals surface area contributed by atoms with E-state index in [0.29, 0.717) is 12.5 Å². The minimum Gasteiger partial charge on any atom is -0.396 e. The molecule has 0 aliphatic heterocycles. The van der Waals surface area contributed by atoms with E-state index in [4.69, 9.17) is 5.11 Å². The summed E-state index contributed by atoms with van der Waals surface area (Å²) in [5.74, 6) is 1.46. The smallest absolute Gasteiger partial charge is 0.0459 e. The van der Waals surface area contributed by atoms with Gasteiger partial charge in [0.2, 0.25) is 0 Å². The van der Waals surface area contributed by atoms with Crippen LogP contribution in [0.3, 0.4) is 0 Å². The Morgan fingerprint density at radius 2 is 2.20 bits per heavy atom. The lowest BCUT2D eigenvalue weighted by molar-refractivity contribution is 0.178. The van der Waals surface area contributed by atoms with Crippen LogP contribution >= 0.6 is 22.6 Å². The molecule has 1 N–H and O–H groups in total. The largest absolute Gasteiger partial charge is 0.396 e. The lowest BCUT2D eigenvalue weighted by atomic mass is 9.83. The Kier molecular flexibility index (Phi) is 3.43. The molecule has 0 aromatic heterocycles. The summed E-state index contributed by atoms with van der Waals surface area (Å²) in [6, 6.07) is 0. The maximum absolute atomic E-state index is 8.89. The van der Waals surface area contributed by atoms with E-state index in [9.17, 15) is 0 Å². The van der Waals surface area contributed by atoms with E-state index in [1.165, 1.54) is 19.3 Å². The molecular weight excluding hydrogens is 239 g/mol. The maximum Gasteiger partial charge on any atom is 0.0459 e. The Labute approximate surface area is 76.3 Å². The number of alkyl halides is 1. The Hall–Kier alpha value is 0.690. The first-order valence-corrected chi connectivity index (χ1v) is 5.23. The summed E-state index contributed by atoms with van der Waals surface area (Å²) < 4.78 is 0.795. The lowest BCUT2D eigenvalue weighted by Gasteiger charge is -2.29. The highest BCUT2D eigenvalue weighted by Crippen LogP contribution is 2.33. The molecule has 3 atom stereocenters. The van der Waals surface area contributed by atoms with Crippen molar-refractivity contribution in [3.05, 3.63) is 0 Å². The van der Waals surface area contributed by atoms with Crippen molar-refractivity contribution in [2.45, 2.75) is 30.1 Å². The lowest BCUT2D eigenvalue weighted by Crippen LogP contribution is -2.24. The molecule has 1 rings (SSSR count). The number of hydrogen-bond donors (Lipinski definition) is 1. The second-order valence-corrected chi connectivity index (χ2v) is 4.95. The third-order valence-electron chi connectivity index (χ3n) is 2.46. The summed E-state index contributed by atoms with van der Waals surface area (Å²) in [6.45, 7) is 2.71. The highest BCUT2D eigenvalue weighted by molar-refractivity contribution is 14.1. The standard InChI is InChI=1S/C8H15IO/c1-6-2-3-7(5-10)4-8(6)9/h6-8,10H,2-5H2,1H3/t6-,7+,8+/m1/s1. The third kappa shape index (κ3) is 2.09. The highest BCUT2D eigenvalue weighted by Gasteiger charge is 2.24. The molecule has 0 bridgehead atoms. The van der Waals surface area contributed by atoms with Crippen LogP contribution in [0.5, 0.6) is 0 Å². The summed E-state index contributed by atoms with van der Waals surface area (Å²) in [5.41, 5.74) is 0. The van der Waals surface area contributed by atoms with Crippen LogP contribution < -0.4 is 0 Å². The molecule has 1 nitrogen and oxygen atoms in total. The van der Waals surface area contributed by atoms with Crippen molar-refractivity contribution in [2.24, 2.45) is 11.8 Å². The molecular formula is C8H15IO. The highest BCUT2D eigenvalue weighted by atomic mass is 127. The van der Waals surface area contributed by atoms with Crippen LogP contribution in [0, 0.1) is 11.8 Å². The fraction of sp³-hybridized carbons (Fsp3) is 1.00. The van der Waals surface area contributed by atoms with Crippen LogP contribution in [0.25, 0.3) is 0 Å². The third-order valence-corrected chi connectivity index (χ3v) is 4.20. The van der Waals surface area contributed by atoms with Crippen LogP contribution in [0.1, 0.15) is 26.2 Å². The van der Waals surface area contributed by atoms with Crippen molar-refractivity contribution in [3.8, 4) is 0 Å². The normalized spacial score (nSPS) is 41.7. The van der Waals surface area contributed by atoms with E-state index in [2.05, 4.69) is 29.5 Å². The Morgan fingerprint density at radius 3 is 2.70 bits per heavy atom. The zero-order valence-electron chi connectivity index (χ0n) is 6.39. The topological polar surface area (TPSA) is 20.2 Å². The maximum atomic E-state index is 8.89. The average Bonchev–Trinajstić information content (AvgIpc) is 1.95. The molecule has 1 saturated carbocycles. The minimum absolute atomic E-state index is 0.395. The van der Waals surface area contributed by atoms with Gasteiger partial charge in [0.05, 0.1) is 0 Å². The summed E-state index contributed by atoms with van der Waals surface area (Å²) >= 11 is 2.51. The van der Waals surface area contributed by atoms with Crippen LogP contribution in [0.15, 0.2) is 0 Å². The average molecular weight is 254 g/mol. The second kappa shape index (κ2) is 3.90. The fourth-order valence-electron chi connectivity index (χ4n) is 1.51. The molecule has 1 fully saturated rings. The molecule has 1 aliphatic rings. The van der Waals surface area contributed by atoms with Crippen molar-refractivity contribution in [3.63, 3.8) is 0 Å². The van der Waals surface area contributed by atoms with Gasteiger partial charge in [0.1, 0.15) is 0 Å². The minimum atomic E-state index is 0.395. The van der Waals surface area contributed by atoms with Crippen LogP contribution in [-0.4, -0.2) is 15.6 Å². The van der Waals surface area contributed by atoms with E-state index in [1.807, 2.05) is 0 Å². The number of halogens is 1. The summed E-state index contributed by atoms with van der Waals surface area (Å²) in [7, 11) is 0. The zero-order chi connectivity index (χ0) is 7.56. The van der Waals surface area contributed by atoms with Crippen molar-refractivity contribution in [1.82, 2.24) is 0 Å². The van der Waals surface area contributed by atoms with Gasteiger partial charge in [-0.2, -0.15) is 0 Å². The molecule has 0 radical (unpaired) electrons. The number of aliphatic hydroxyl groups excluding tert-OH is 1. The van der Waals surface area contributed by atoms with Gasteiger partial charge in [0.15, 0.2) is 0 Å². The molecule has 0 unspecified atom stereocenters. The number of aliphatic hydroxyl groups is 1. The van der Waals surface area contributed by atoms with Gasteiger partial charge < -0.3 is 5.11 Å². The molecule has 0 spiro atoms. The van der Waals surface area contributed by atoms with Crippen molar-refractivity contribution in [1.29, 1.82) is 0 Å². The van der Waals surface area contributed by atoms with Gasteiger partial charge in [-0.15, -0.1) is 0 Å². The van der Waals surface area contributed by atoms with Gasteiger partial charge in [-0.25, -0.2) is 0 Å². The van der Waals surface area contributed by atoms with Crippen LogP contribution in [-0.2, 0) is 0 Å². The first kappa shape index (κ1) is 8.78. The predicted octanol–water partition coefficient (Wildman–Crippen LogP) is 2.22. The summed E-state index contributed by atoms with van der Waals surface area (Å²) in [5, 5.41) is 8.89. The van der Waals surface area contributed by atoms with E-state index >= 15 is 0 Å². The SMILES string of the molecule is C[C@@H]1CC[C@H](CO)C[C@@H]1I. The van der Waals surface area contributed by atoms with Crippen molar-refractivity contribution >= 4 is 22.6 Å². The molecule has 60 valence electrons. The fourth-order valence-corrected chi connectivity index (χ4v) is 2.59. The molecule has 0 amide bonds. The van der Waals surface area contributed by atoms with E-state index in [0.717, 1.165) is 9.84 Å². The van der Waals surface area contributed by atoms with Gasteiger partial charge in [-0.3, -0.25) is 0 Å². The first-order valence-electron chi connectivity index (χ1n) is 3.99. The van der Waals surface area contributed by atoms with Crippen molar-refractivity contribution in [2.75, 3.05) is 6.61 Å². The van der Waals surface area contributed by atoms with E-state index in [-0.39, 0.29) is 0 Å². The molecule has 0 heterocycles. The van der Waals surface area contributed by atoms with E-state index < -0.39 is 0 Å². The number of hydrogen-bond acceptors (Lipinski definition) is 1. The Balaban J connectivity index is 2.33. The van der Waals surface area contributed by atoms with E-state index in [1.54, 1.807) is 0 Å². The van der Waals surface area contributed by atoms with Crippen molar-refractivity contribution < 1.29 is 5.11 Å². The molecule has 10 heavy (non-hydrogen) atoms. The zero-order valence-corrected chi connectivity index (χ0v) is 8.54.